The standard InChI is InChI=1S/C22H20N4O2/c1-16-17(15-23)9-8-14-20(16)24-21(27)25(18-10-4-2-5-11-18)26(22(24)28)19-12-6-3-7-13-19/h2-14H,15,23H2,1H3. The summed E-state index contributed by atoms with van der Waals surface area (Å²) in [6.45, 7) is 2.21. The molecule has 0 aliphatic carbocycles. The monoisotopic (exact) mass is 372 g/mol. The van der Waals surface area contributed by atoms with E-state index in [9.17, 15) is 9.59 Å². The lowest BCUT2D eigenvalue weighted by Gasteiger charge is -2.08. The number of nitrogens with two attached hydrogens (primary N) is 1. The molecule has 4 rings (SSSR count). The van der Waals surface area contributed by atoms with Crippen LogP contribution in [-0.2, 0) is 6.54 Å². The molecule has 0 amide bonds. The van der Waals surface area contributed by atoms with Gasteiger partial charge in [-0.3, -0.25) is 0 Å². The Morgan fingerprint density at radius 3 is 1.68 bits per heavy atom. The van der Waals surface area contributed by atoms with Crippen molar-refractivity contribution < 1.29 is 0 Å². The number of nitrogens with zero attached hydrogens (tertiary/aromatic N) is 3. The minimum absolute atomic E-state index is 0.334. The van der Waals surface area contributed by atoms with Crippen LogP contribution in [0.1, 0.15) is 11.1 Å². The van der Waals surface area contributed by atoms with Gasteiger partial charge < -0.3 is 5.73 Å². The summed E-state index contributed by atoms with van der Waals surface area (Å²) in [5.74, 6) is 0. The molecule has 6 nitrogen and oxygen atoms in total. The van der Waals surface area contributed by atoms with Crippen molar-refractivity contribution in [2.75, 3.05) is 0 Å². The maximum atomic E-state index is 13.4. The van der Waals surface area contributed by atoms with Crippen LogP contribution >= 0.6 is 0 Å². The summed E-state index contributed by atoms with van der Waals surface area (Å²) in [6, 6.07) is 23.7. The van der Waals surface area contributed by atoms with E-state index in [1.54, 1.807) is 30.3 Å². The summed E-state index contributed by atoms with van der Waals surface area (Å²) in [5, 5.41) is 0. The lowest BCUT2D eigenvalue weighted by atomic mass is 10.1. The van der Waals surface area contributed by atoms with Crippen molar-refractivity contribution >= 4 is 0 Å². The molecule has 4 aromatic rings. The minimum Gasteiger partial charge on any atom is -0.326 e. The van der Waals surface area contributed by atoms with E-state index in [1.807, 2.05) is 55.5 Å². The second-order valence-corrected chi connectivity index (χ2v) is 6.46. The van der Waals surface area contributed by atoms with Crippen LogP contribution in [0.5, 0.6) is 0 Å². The van der Waals surface area contributed by atoms with Crippen LogP contribution in [0, 0.1) is 6.92 Å². The maximum absolute atomic E-state index is 13.4. The summed E-state index contributed by atoms with van der Waals surface area (Å²) >= 11 is 0. The summed E-state index contributed by atoms with van der Waals surface area (Å²) in [6.07, 6.45) is 0. The first-order chi connectivity index (χ1) is 13.6. The van der Waals surface area contributed by atoms with E-state index in [-0.39, 0.29) is 0 Å². The molecule has 0 aliphatic heterocycles. The Bertz CT molecular complexity index is 1160. The molecule has 1 heterocycles. The fraction of sp³-hybridized carbons (Fsp3) is 0.0909. The van der Waals surface area contributed by atoms with Crippen molar-refractivity contribution in [3.05, 3.63) is 111 Å². The quantitative estimate of drug-likeness (QED) is 0.598. The first-order valence-electron chi connectivity index (χ1n) is 9.00. The number of para-hydroxylation sites is 2. The molecule has 0 atom stereocenters. The Balaban J connectivity index is 2.10. The highest BCUT2D eigenvalue weighted by atomic mass is 16.2. The molecule has 0 radical (unpaired) electrons. The molecule has 0 spiro atoms. The molecular formula is C22H20N4O2. The lowest BCUT2D eigenvalue weighted by Crippen LogP contribution is -2.28. The van der Waals surface area contributed by atoms with Gasteiger partial charge in [0, 0.05) is 6.54 Å². The SMILES string of the molecule is Cc1c(CN)cccc1-n1c(=O)n(-c2ccccc2)n(-c2ccccc2)c1=O. The Kier molecular flexibility index (Phi) is 4.55. The maximum Gasteiger partial charge on any atom is 0.356 e. The Labute approximate surface area is 161 Å². The molecule has 0 saturated heterocycles. The molecule has 28 heavy (non-hydrogen) atoms. The Hall–Kier alpha value is -3.64. The molecule has 0 unspecified atom stereocenters. The van der Waals surface area contributed by atoms with Gasteiger partial charge in [0.15, 0.2) is 0 Å². The van der Waals surface area contributed by atoms with Crippen LogP contribution in [0.3, 0.4) is 0 Å². The molecule has 0 aliphatic rings. The smallest absolute Gasteiger partial charge is 0.326 e. The van der Waals surface area contributed by atoms with E-state index in [0.29, 0.717) is 23.6 Å². The third-order valence-corrected chi connectivity index (χ3v) is 4.82. The van der Waals surface area contributed by atoms with Gasteiger partial charge in [-0.2, -0.15) is 9.36 Å². The van der Waals surface area contributed by atoms with Gasteiger partial charge in [0.2, 0.25) is 0 Å². The van der Waals surface area contributed by atoms with Gasteiger partial charge in [0.25, 0.3) is 0 Å². The fourth-order valence-electron chi connectivity index (χ4n) is 3.37. The molecule has 0 saturated carbocycles. The van der Waals surface area contributed by atoms with E-state index in [4.69, 9.17) is 5.73 Å². The van der Waals surface area contributed by atoms with E-state index in [0.717, 1.165) is 11.1 Å². The minimum atomic E-state index is -0.433. The van der Waals surface area contributed by atoms with Crippen molar-refractivity contribution in [3.63, 3.8) is 0 Å². The fourth-order valence-corrected chi connectivity index (χ4v) is 3.37. The van der Waals surface area contributed by atoms with Crippen molar-refractivity contribution in [1.82, 2.24) is 13.9 Å². The highest BCUT2D eigenvalue weighted by Crippen LogP contribution is 2.17. The zero-order valence-corrected chi connectivity index (χ0v) is 15.4. The van der Waals surface area contributed by atoms with Gasteiger partial charge in [-0.05, 0) is 48.4 Å². The van der Waals surface area contributed by atoms with Crippen LogP contribution in [0.2, 0.25) is 0 Å². The first kappa shape index (κ1) is 17.8. The van der Waals surface area contributed by atoms with Crippen LogP contribution < -0.4 is 17.1 Å². The molecule has 140 valence electrons. The average Bonchev–Trinajstić information content (AvgIpc) is 3.00. The lowest BCUT2D eigenvalue weighted by molar-refractivity contribution is 0.706. The van der Waals surface area contributed by atoms with Gasteiger partial charge in [0.05, 0.1) is 17.1 Å². The van der Waals surface area contributed by atoms with Crippen molar-refractivity contribution in [2.24, 2.45) is 5.73 Å². The van der Waals surface area contributed by atoms with Gasteiger partial charge in [0.1, 0.15) is 0 Å². The second-order valence-electron chi connectivity index (χ2n) is 6.46. The van der Waals surface area contributed by atoms with Gasteiger partial charge >= 0.3 is 11.4 Å². The molecule has 1 aromatic heterocycles. The molecule has 2 N–H and O–H groups in total. The van der Waals surface area contributed by atoms with E-state index in [1.165, 1.54) is 13.9 Å². The highest BCUT2D eigenvalue weighted by molar-refractivity contribution is 5.46. The van der Waals surface area contributed by atoms with Gasteiger partial charge in [-0.1, -0.05) is 48.5 Å². The molecule has 6 heteroatoms. The highest BCUT2D eigenvalue weighted by Gasteiger charge is 2.21. The Morgan fingerprint density at radius 1 is 0.714 bits per heavy atom. The predicted molar refractivity (Wildman–Crippen MR) is 110 cm³/mol. The topological polar surface area (TPSA) is 74.9 Å². The molecule has 0 fully saturated rings. The zero-order chi connectivity index (χ0) is 19.7. The largest absolute Gasteiger partial charge is 0.356 e. The van der Waals surface area contributed by atoms with Crippen molar-refractivity contribution in [2.45, 2.75) is 13.5 Å². The summed E-state index contributed by atoms with van der Waals surface area (Å²) < 4.78 is 3.99. The van der Waals surface area contributed by atoms with Crippen molar-refractivity contribution in [1.29, 1.82) is 0 Å². The van der Waals surface area contributed by atoms with E-state index < -0.39 is 11.4 Å². The number of rotatable bonds is 4. The van der Waals surface area contributed by atoms with Gasteiger partial charge in [-0.15, -0.1) is 0 Å². The van der Waals surface area contributed by atoms with Crippen LogP contribution in [-0.4, -0.2) is 13.9 Å². The van der Waals surface area contributed by atoms with Crippen LogP contribution in [0.4, 0.5) is 0 Å². The summed E-state index contributed by atoms with van der Waals surface area (Å²) in [4.78, 5) is 26.8. The normalized spacial score (nSPS) is 10.9. The predicted octanol–water partition coefficient (Wildman–Crippen LogP) is 2.55. The Morgan fingerprint density at radius 2 is 1.21 bits per heavy atom. The van der Waals surface area contributed by atoms with Crippen molar-refractivity contribution in [3.8, 4) is 17.1 Å². The molecular weight excluding hydrogens is 352 g/mol. The van der Waals surface area contributed by atoms with Gasteiger partial charge in [-0.25, -0.2) is 14.2 Å². The third-order valence-electron chi connectivity index (χ3n) is 4.82. The number of benzene rings is 3. The average molecular weight is 372 g/mol. The first-order valence-corrected chi connectivity index (χ1v) is 9.00. The van der Waals surface area contributed by atoms with Crippen LogP contribution in [0.25, 0.3) is 17.1 Å². The van der Waals surface area contributed by atoms with Crippen LogP contribution in [0.15, 0.2) is 88.5 Å². The third kappa shape index (κ3) is 2.80. The van der Waals surface area contributed by atoms with E-state index >= 15 is 0 Å². The van der Waals surface area contributed by atoms with E-state index in [2.05, 4.69) is 0 Å². The zero-order valence-electron chi connectivity index (χ0n) is 15.4. The number of aromatic nitrogens is 3. The molecule has 0 bridgehead atoms. The summed E-state index contributed by atoms with van der Waals surface area (Å²) in [7, 11) is 0. The molecule has 3 aromatic carbocycles. The number of hydrogen-bond donors (Lipinski definition) is 1. The summed E-state index contributed by atoms with van der Waals surface area (Å²) in [5.41, 5.74) is 8.42. The second kappa shape index (κ2) is 7.17. The number of hydrogen-bond acceptors (Lipinski definition) is 3.